The molecule has 0 bridgehead atoms. The van der Waals surface area contributed by atoms with Crippen molar-refractivity contribution in [2.45, 2.75) is 51.2 Å². The van der Waals surface area contributed by atoms with Crippen molar-refractivity contribution in [2.75, 3.05) is 13.2 Å². The van der Waals surface area contributed by atoms with Crippen LogP contribution in [0.1, 0.15) is 54.5 Å². The third-order valence-electron chi connectivity index (χ3n) is 5.08. The molecule has 0 spiro atoms. The van der Waals surface area contributed by atoms with E-state index in [0.717, 1.165) is 47.4 Å². The van der Waals surface area contributed by atoms with Gasteiger partial charge in [0.05, 0.1) is 12.2 Å². The van der Waals surface area contributed by atoms with Gasteiger partial charge in [-0.25, -0.2) is 0 Å². The second kappa shape index (κ2) is 10.1. The van der Waals surface area contributed by atoms with E-state index in [4.69, 9.17) is 26.2 Å². The maximum atomic E-state index is 11.0. The second-order valence-corrected chi connectivity index (χ2v) is 7.71. The fraction of sp³-hybridized carbons (Fsp3) is 0.435. The quantitative estimate of drug-likeness (QED) is 0.685. The van der Waals surface area contributed by atoms with E-state index in [0.29, 0.717) is 13.0 Å². The first kappa shape index (κ1) is 20.8. The maximum absolute atomic E-state index is 11.0. The van der Waals surface area contributed by atoms with E-state index >= 15 is 0 Å². The summed E-state index contributed by atoms with van der Waals surface area (Å²) < 4.78 is 11.3. The van der Waals surface area contributed by atoms with Gasteiger partial charge in [0.2, 0.25) is 0 Å². The Morgan fingerprint density at radius 1 is 1.18 bits per heavy atom. The fourth-order valence-electron chi connectivity index (χ4n) is 3.58. The van der Waals surface area contributed by atoms with Crippen LogP contribution in [0.25, 0.3) is 0 Å². The third kappa shape index (κ3) is 5.81. The SMILES string of the molecule is CC(=O)OC[C@H]1CCC[C@@H](c2ccc(Cl)c(Cc3ccc(CCO)cc3)c2)O1. The highest BCUT2D eigenvalue weighted by atomic mass is 35.5. The minimum absolute atomic E-state index is 0.00254. The number of aliphatic hydroxyl groups is 1. The van der Waals surface area contributed by atoms with Crippen molar-refractivity contribution in [3.05, 3.63) is 69.7 Å². The molecule has 150 valence electrons. The van der Waals surface area contributed by atoms with E-state index < -0.39 is 0 Å². The summed E-state index contributed by atoms with van der Waals surface area (Å²) in [6.45, 7) is 1.89. The molecule has 2 aromatic carbocycles. The predicted octanol–water partition coefficient (Wildman–Crippen LogP) is 4.64. The van der Waals surface area contributed by atoms with Crippen molar-refractivity contribution >= 4 is 17.6 Å². The van der Waals surface area contributed by atoms with Crippen LogP contribution in [0.3, 0.4) is 0 Å². The lowest BCUT2D eigenvalue weighted by molar-refractivity contribution is -0.149. The van der Waals surface area contributed by atoms with Gasteiger partial charge in [-0.1, -0.05) is 48.0 Å². The first-order chi connectivity index (χ1) is 13.5. The van der Waals surface area contributed by atoms with Crippen LogP contribution in [0, 0.1) is 0 Å². The lowest BCUT2D eigenvalue weighted by Gasteiger charge is -2.30. The number of aliphatic hydroxyl groups excluding tert-OH is 1. The Morgan fingerprint density at radius 3 is 2.64 bits per heavy atom. The van der Waals surface area contributed by atoms with Crippen molar-refractivity contribution in [3.8, 4) is 0 Å². The predicted molar refractivity (Wildman–Crippen MR) is 110 cm³/mol. The van der Waals surface area contributed by atoms with Gasteiger partial charge >= 0.3 is 5.97 Å². The van der Waals surface area contributed by atoms with Crippen LogP contribution in [0.15, 0.2) is 42.5 Å². The number of carbonyl (C=O) groups excluding carboxylic acids is 1. The molecule has 28 heavy (non-hydrogen) atoms. The monoisotopic (exact) mass is 402 g/mol. The van der Waals surface area contributed by atoms with Gasteiger partial charge in [0.1, 0.15) is 6.61 Å². The van der Waals surface area contributed by atoms with Crippen LogP contribution in [-0.4, -0.2) is 30.4 Å². The molecule has 0 amide bonds. The van der Waals surface area contributed by atoms with Crippen molar-refractivity contribution < 1.29 is 19.4 Å². The van der Waals surface area contributed by atoms with E-state index in [1.165, 1.54) is 12.5 Å². The summed E-state index contributed by atoms with van der Waals surface area (Å²) in [5.74, 6) is -0.274. The number of esters is 1. The summed E-state index contributed by atoms with van der Waals surface area (Å²) in [6.07, 6.45) is 4.26. The van der Waals surface area contributed by atoms with Gasteiger partial charge in [0.15, 0.2) is 0 Å². The Balaban J connectivity index is 1.69. The highest BCUT2D eigenvalue weighted by Gasteiger charge is 2.25. The zero-order valence-corrected chi connectivity index (χ0v) is 17.0. The normalized spacial score (nSPS) is 19.4. The van der Waals surface area contributed by atoms with Crippen LogP contribution in [0.5, 0.6) is 0 Å². The lowest BCUT2D eigenvalue weighted by atomic mass is 9.95. The Bertz CT molecular complexity index is 788. The largest absolute Gasteiger partial charge is 0.463 e. The van der Waals surface area contributed by atoms with Crippen molar-refractivity contribution in [3.63, 3.8) is 0 Å². The number of rotatable bonds is 7. The number of hydrogen-bond donors (Lipinski definition) is 1. The molecule has 0 aliphatic carbocycles. The molecule has 1 heterocycles. The number of benzene rings is 2. The molecule has 4 nitrogen and oxygen atoms in total. The molecule has 3 rings (SSSR count). The average molecular weight is 403 g/mol. The smallest absolute Gasteiger partial charge is 0.302 e. The molecule has 0 radical (unpaired) electrons. The highest BCUT2D eigenvalue weighted by Crippen LogP contribution is 2.33. The molecular weight excluding hydrogens is 376 g/mol. The molecule has 1 N–H and O–H groups in total. The molecule has 5 heteroatoms. The van der Waals surface area contributed by atoms with Crippen molar-refractivity contribution in [2.24, 2.45) is 0 Å². The summed E-state index contributed by atoms with van der Waals surface area (Å²) in [5, 5.41) is 9.79. The minimum Gasteiger partial charge on any atom is -0.463 e. The topological polar surface area (TPSA) is 55.8 Å². The molecule has 2 aromatic rings. The van der Waals surface area contributed by atoms with Crippen LogP contribution in [-0.2, 0) is 27.1 Å². The summed E-state index contributed by atoms with van der Waals surface area (Å²) in [5.41, 5.74) is 4.49. The maximum Gasteiger partial charge on any atom is 0.302 e. The van der Waals surface area contributed by atoms with Crippen LogP contribution >= 0.6 is 11.6 Å². The number of hydrogen-bond acceptors (Lipinski definition) is 4. The van der Waals surface area contributed by atoms with E-state index in [1.807, 2.05) is 24.3 Å². The van der Waals surface area contributed by atoms with Crippen molar-refractivity contribution in [1.29, 1.82) is 0 Å². The van der Waals surface area contributed by atoms with Gasteiger partial charge in [-0.15, -0.1) is 0 Å². The van der Waals surface area contributed by atoms with Gasteiger partial charge in [-0.3, -0.25) is 4.79 Å². The molecule has 1 aliphatic heterocycles. The lowest BCUT2D eigenvalue weighted by Crippen LogP contribution is -2.27. The summed E-state index contributed by atoms with van der Waals surface area (Å²) >= 11 is 6.45. The molecule has 2 atom stereocenters. The van der Waals surface area contributed by atoms with Gasteiger partial charge < -0.3 is 14.6 Å². The Labute approximate surface area is 171 Å². The van der Waals surface area contributed by atoms with Crippen LogP contribution < -0.4 is 0 Å². The van der Waals surface area contributed by atoms with Crippen molar-refractivity contribution in [1.82, 2.24) is 0 Å². The van der Waals surface area contributed by atoms with Gasteiger partial charge in [0.25, 0.3) is 0 Å². The average Bonchev–Trinajstić information content (AvgIpc) is 2.70. The van der Waals surface area contributed by atoms with Gasteiger partial charge in [-0.2, -0.15) is 0 Å². The molecule has 0 aromatic heterocycles. The molecule has 0 unspecified atom stereocenters. The molecule has 1 aliphatic rings. The zero-order valence-electron chi connectivity index (χ0n) is 16.2. The Morgan fingerprint density at radius 2 is 1.93 bits per heavy atom. The second-order valence-electron chi connectivity index (χ2n) is 7.30. The first-order valence-electron chi connectivity index (χ1n) is 9.81. The summed E-state index contributed by atoms with van der Waals surface area (Å²) in [6, 6.07) is 14.4. The number of halogens is 1. The van der Waals surface area contributed by atoms with Crippen LogP contribution in [0.2, 0.25) is 5.02 Å². The zero-order chi connectivity index (χ0) is 19.9. The fourth-order valence-corrected chi connectivity index (χ4v) is 3.77. The number of ether oxygens (including phenoxy) is 2. The van der Waals surface area contributed by atoms with E-state index in [2.05, 4.69) is 18.2 Å². The summed E-state index contributed by atoms with van der Waals surface area (Å²) in [4.78, 5) is 11.0. The summed E-state index contributed by atoms with van der Waals surface area (Å²) in [7, 11) is 0. The molecule has 0 saturated carbocycles. The van der Waals surface area contributed by atoms with E-state index in [-0.39, 0.29) is 24.8 Å². The molecule has 1 saturated heterocycles. The third-order valence-corrected chi connectivity index (χ3v) is 5.45. The Kier molecular flexibility index (Phi) is 7.49. The molecular formula is C23H27ClO4. The van der Waals surface area contributed by atoms with Gasteiger partial charge in [0, 0.05) is 18.6 Å². The van der Waals surface area contributed by atoms with Gasteiger partial charge in [-0.05, 0) is 60.4 Å². The first-order valence-corrected chi connectivity index (χ1v) is 10.2. The number of carbonyl (C=O) groups is 1. The van der Waals surface area contributed by atoms with Crippen LogP contribution in [0.4, 0.5) is 0 Å². The van der Waals surface area contributed by atoms with E-state index in [1.54, 1.807) is 0 Å². The minimum atomic E-state index is -0.274. The Hall–Kier alpha value is -1.88. The van der Waals surface area contributed by atoms with E-state index in [9.17, 15) is 4.79 Å². The standard InChI is InChI=1S/C23H27ClO4/c1-16(26)27-15-21-3-2-4-23(28-21)19-9-10-22(24)20(14-19)13-18-7-5-17(6-8-18)11-12-25/h5-10,14,21,23,25H,2-4,11-13,15H2,1H3/t21-,23+/m1/s1. The molecule has 1 fully saturated rings. The highest BCUT2D eigenvalue weighted by molar-refractivity contribution is 6.31.